The van der Waals surface area contributed by atoms with Crippen molar-refractivity contribution in [3.63, 3.8) is 0 Å². The number of aromatic nitrogens is 4. The molecule has 0 spiro atoms. The van der Waals surface area contributed by atoms with Gasteiger partial charge in [0.05, 0.1) is 11.9 Å². The first-order valence-electron chi connectivity index (χ1n) is 5.19. The molecule has 0 amide bonds. The molecule has 0 saturated carbocycles. The van der Waals surface area contributed by atoms with Crippen LogP contribution in [0.15, 0.2) is 6.20 Å². The number of nitrogens with zero attached hydrogens (tertiary/aromatic N) is 4. The van der Waals surface area contributed by atoms with Gasteiger partial charge in [0.2, 0.25) is 0 Å². The predicted octanol–water partition coefficient (Wildman–Crippen LogP) is 0.669. The van der Waals surface area contributed by atoms with E-state index in [1.807, 2.05) is 6.92 Å². The zero-order valence-electron chi connectivity index (χ0n) is 9.36. The fourth-order valence-electron chi connectivity index (χ4n) is 1.59. The van der Waals surface area contributed by atoms with Gasteiger partial charge in [0.15, 0.2) is 5.65 Å². The summed E-state index contributed by atoms with van der Waals surface area (Å²) in [6.45, 7) is 3.90. The SMILES string of the molecule is CCCc1nc(C(=N)N)cn2nc(C)nc12. The van der Waals surface area contributed by atoms with Crippen LogP contribution in [0.2, 0.25) is 0 Å². The van der Waals surface area contributed by atoms with E-state index in [4.69, 9.17) is 11.1 Å². The molecular weight excluding hydrogens is 204 g/mol. The van der Waals surface area contributed by atoms with E-state index in [2.05, 4.69) is 22.0 Å². The van der Waals surface area contributed by atoms with Crippen LogP contribution in [0.25, 0.3) is 5.65 Å². The number of hydrogen-bond acceptors (Lipinski definition) is 4. The quantitative estimate of drug-likeness (QED) is 0.585. The Kier molecular flexibility index (Phi) is 2.55. The first-order valence-corrected chi connectivity index (χ1v) is 5.19. The van der Waals surface area contributed by atoms with Gasteiger partial charge in [0.1, 0.15) is 17.4 Å². The number of aryl methyl sites for hydroxylation is 2. The van der Waals surface area contributed by atoms with E-state index in [0.29, 0.717) is 11.5 Å². The largest absolute Gasteiger partial charge is 0.382 e. The van der Waals surface area contributed by atoms with Crippen molar-refractivity contribution in [3.05, 3.63) is 23.4 Å². The normalized spacial score (nSPS) is 10.9. The molecule has 84 valence electrons. The Morgan fingerprint density at radius 1 is 1.50 bits per heavy atom. The van der Waals surface area contributed by atoms with Crippen LogP contribution in [0, 0.1) is 12.3 Å². The summed E-state index contributed by atoms with van der Waals surface area (Å²) in [4.78, 5) is 8.64. The molecule has 2 rings (SSSR count). The van der Waals surface area contributed by atoms with Crippen LogP contribution >= 0.6 is 0 Å². The van der Waals surface area contributed by atoms with E-state index < -0.39 is 0 Å². The number of nitrogens with two attached hydrogens (primary N) is 1. The van der Waals surface area contributed by atoms with Gasteiger partial charge in [-0.05, 0) is 13.3 Å². The summed E-state index contributed by atoms with van der Waals surface area (Å²) in [5.74, 6) is 0.646. The fraction of sp³-hybridized carbons (Fsp3) is 0.400. The maximum Gasteiger partial charge on any atom is 0.177 e. The van der Waals surface area contributed by atoms with E-state index in [0.717, 1.165) is 24.2 Å². The summed E-state index contributed by atoms with van der Waals surface area (Å²) in [6.07, 6.45) is 3.41. The van der Waals surface area contributed by atoms with Crippen molar-refractivity contribution in [1.29, 1.82) is 5.41 Å². The van der Waals surface area contributed by atoms with Crippen LogP contribution in [0.5, 0.6) is 0 Å². The Balaban J connectivity index is 2.67. The van der Waals surface area contributed by atoms with Crippen LogP contribution in [-0.4, -0.2) is 25.4 Å². The minimum atomic E-state index is -0.0487. The van der Waals surface area contributed by atoms with Crippen molar-refractivity contribution in [3.8, 4) is 0 Å². The lowest BCUT2D eigenvalue weighted by atomic mass is 10.2. The molecule has 0 unspecified atom stereocenters. The van der Waals surface area contributed by atoms with E-state index in [1.165, 1.54) is 0 Å². The molecular formula is C10H14N6. The van der Waals surface area contributed by atoms with Crippen molar-refractivity contribution in [2.45, 2.75) is 26.7 Å². The van der Waals surface area contributed by atoms with Crippen LogP contribution in [0.1, 0.15) is 30.6 Å². The lowest BCUT2D eigenvalue weighted by Gasteiger charge is -2.03. The molecule has 3 N–H and O–H groups in total. The molecule has 2 aromatic heterocycles. The molecule has 0 aliphatic rings. The van der Waals surface area contributed by atoms with Crippen molar-refractivity contribution in [2.75, 3.05) is 0 Å². The van der Waals surface area contributed by atoms with Gasteiger partial charge in [-0.2, -0.15) is 5.10 Å². The van der Waals surface area contributed by atoms with Crippen molar-refractivity contribution in [2.24, 2.45) is 5.73 Å². The zero-order valence-corrected chi connectivity index (χ0v) is 9.36. The first-order chi connectivity index (χ1) is 7.61. The summed E-state index contributed by atoms with van der Waals surface area (Å²) in [5, 5.41) is 11.6. The van der Waals surface area contributed by atoms with Crippen LogP contribution in [0.3, 0.4) is 0 Å². The third-order valence-electron chi connectivity index (χ3n) is 2.26. The summed E-state index contributed by atoms with van der Waals surface area (Å²) >= 11 is 0. The molecule has 0 fully saturated rings. The van der Waals surface area contributed by atoms with Gasteiger partial charge in [0.25, 0.3) is 0 Å². The topological polar surface area (TPSA) is 93.0 Å². The molecule has 6 heteroatoms. The van der Waals surface area contributed by atoms with Gasteiger partial charge in [0, 0.05) is 0 Å². The summed E-state index contributed by atoms with van der Waals surface area (Å²) in [7, 11) is 0. The Bertz CT molecular complexity index is 541. The Morgan fingerprint density at radius 2 is 2.25 bits per heavy atom. The van der Waals surface area contributed by atoms with Crippen LogP contribution < -0.4 is 5.73 Å². The molecule has 0 radical (unpaired) electrons. The van der Waals surface area contributed by atoms with Gasteiger partial charge in [-0.25, -0.2) is 14.5 Å². The molecule has 0 aromatic carbocycles. The number of rotatable bonds is 3. The second-order valence-electron chi connectivity index (χ2n) is 3.66. The van der Waals surface area contributed by atoms with Gasteiger partial charge in [-0.1, -0.05) is 13.3 Å². The fourth-order valence-corrected chi connectivity index (χ4v) is 1.59. The molecule has 0 bridgehead atoms. The highest BCUT2D eigenvalue weighted by Crippen LogP contribution is 2.10. The lowest BCUT2D eigenvalue weighted by molar-refractivity contribution is 0.847. The van der Waals surface area contributed by atoms with Crippen LogP contribution in [-0.2, 0) is 6.42 Å². The molecule has 6 nitrogen and oxygen atoms in total. The summed E-state index contributed by atoms with van der Waals surface area (Å²) < 4.78 is 1.64. The average Bonchev–Trinajstić information content (AvgIpc) is 2.58. The second-order valence-corrected chi connectivity index (χ2v) is 3.66. The maximum absolute atomic E-state index is 7.40. The molecule has 0 atom stereocenters. The van der Waals surface area contributed by atoms with E-state index in [-0.39, 0.29) is 5.84 Å². The monoisotopic (exact) mass is 218 g/mol. The molecule has 2 heterocycles. The van der Waals surface area contributed by atoms with Gasteiger partial charge >= 0.3 is 0 Å². The molecule has 0 aliphatic carbocycles. The Labute approximate surface area is 93.0 Å². The number of nitrogens with one attached hydrogen (secondary N) is 1. The number of amidine groups is 1. The van der Waals surface area contributed by atoms with Crippen molar-refractivity contribution in [1.82, 2.24) is 19.6 Å². The van der Waals surface area contributed by atoms with Gasteiger partial charge in [-0.15, -0.1) is 0 Å². The highest BCUT2D eigenvalue weighted by Gasteiger charge is 2.10. The highest BCUT2D eigenvalue weighted by atomic mass is 15.3. The van der Waals surface area contributed by atoms with Gasteiger partial charge in [-0.3, -0.25) is 5.41 Å². The minimum Gasteiger partial charge on any atom is -0.382 e. The summed E-state index contributed by atoms with van der Waals surface area (Å²) in [6, 6.07) is 0. The lowest BCUT2D eigenvalue weighted by Crippen LogP contribution is -2.16. The third-order valence-corrected chi connectivity index (χ3v) is 2.26. The Morgan fingerprint density at radius 3 is 2.88 bits per heavy atom. The minimum absolute atomic E-state index is 0.0487. The number of hydrogen-bond donors (Lipinski definition) is 2. The van der Waals surface area contributed by atoms with E-state index in [1.54, 1.807) is 10.7 Å². The predicted molar refractivity (Wildman–Crippen MR) is 60.5 cm³/mol. The van der Waals surface area contributed by atoms with E-state index >= 15 is 0 Å². The standard InChI is InChI=1S/C10H14N6/c1-3-4-7-10-13-6(2)15-16(10)5-8(14-7)9(11)12/h5H,3-4H2,1-2H3,(H3,11,12). The molecule has 16 heavy (non-hydrogen) atoms. The Hall–Kier alpha value is -1.98. The van der Waals surface area contributed by atoms with Crippen molar-refractivity contribution < 1.29 is 0 Å². The molecule has 2 aromatic rings. The zero-order chi connectivity index (χ0) is 11.7. The average molecular weight is 218 g/mol. The highest BCUT2D eigenvalue weighted by molar-refractivity contribution is 5.93. The first kappa shape index (κ1) is 10.5. The van der Waals surface area contributed by atoms with Gasteiger partial charge < -0.3 is 5.73 Å². The van der Waals surface area contributed by atoms with E-state index in [9.17, 15) is 0 Å². The number of fused-ring (bicyclic) bond motifs is 1. The number of nitrogen functional groups attached to an aromatic ring is 1. The second kappa shape index (κ2) is 3.88. The van der Waals surface area contributed by atoms with Crippen molar-refractivity contribution >= 4 is 11.5 Å². The van der Waals surface area contributed by atoms with Crippen LogP contribution in [0.4, 0.5) is 0 Å². The molecule has 0 aliphatic heterocycles. The summed E-state index contributed by atoms with van der Waals surface area (Å²) in [5.41, 5.74) is 7.48. The third kappa shape index (κ3) is 1.73. The maximum atomic E-state index is 7.40. The smallest absolute Gasteiger partial charge is 0.177 e. The molecule has 0 saturated heterocycles.